The van der Waals surface area contributed by atoms with Crippen molar-refractivity contribution in [2.75, 3.05) is 0 Å². The fourth-order valence-electron chi connectivity index (χ4n) is 1.39. The van der Waals surface area contributed by atoms with Crippen LogP contribution in [-0.4, -0.2) is 9.97 Å². The number of rotatable bonds is 0. The number of halogens is 1. The number of nitrogens with zero attached hydrogens (tertiary/aromatic N) is 1. The van der Waals surface area contributed by atoms with Crippen LogP contribution in [0.1, 0.15) is 11.4 Å². The summed E-state index contributed by atoms with van der Waals surface area (Å²) in [5, 5.41) is 0.619. The summed E-state index contributed by atoms with van der Waals surface area (Å²) < 4.78 is 0.893. The molecule has 0 atom stereocenters. The zero-order valence-electron chi connectivity index (χ0n) is 7.89. The quantitative estimate of drug-likeness (QED) is 0.782. The van der Waals surface area contributed by atoms with Crippen LogP contribution < -0.4 is 5.56 Å². The Kier molecular flexibility index (Phi) is 2.15. The molecule has 0 aliphatic rings. The first-order chi connectivity index (χ1) is 6.59. The molecule has 0 aliphatic heterocycles. The zero-order valence-corrected chi connectivity index (χ0v) is 9.47. The Labute approximate surface area is 89.3 Å². The van der Waals surface area contributed by atoms with Gasteiger partial charge in [-0.15, -0.1) is 0 Å². The Morgan fingerprint density at radius 1 is 1.36 bits per heavy atom. The summed E-state index contributed by atoms with van der Waals surface area (Å²) in [7, 11) is 0. The minimum Gasteiger partial charge on any atom is -0.310 e. The predicted molar refractivity (Wildman–Crippen MR) is 59.5 cm³/mol. The topological polar surface area (TPSA) is 45.8 Å². The van der Waals surface area contributed by atoms with E-state index >= 15 is 0 Å². The van der Waals surface area contributed by atoms with Crippen molar-refractivity contribution in [3.8, 4) is 0 Å². The molecule has 4 heteroatoms. The van der Waals surface area contributed by atoms with Crippen molar-refractivity contribution in [3.63, 3.8) is 0 Å². The molecular weight excluding hydrogens is 244 g/mol. The molecule has 1 aromatic carbocycles. The van der Waals surface area contributed by atoms with Crippen molar-refractivity contribution in [1.82, 2.24) is 9.97 Å². The molecule has 1 aromatic heterocycles. The van der Waals surface area contributed by atoms with Gasteiger partial charge in [0.1, 0.15) is 5.82 Å². The predicted octanol–water partition coefficient (Wildman–Crippen LogP) is 2.30. The van der Waals surface area contributed by atoms with Gasteiger partial charge in [-0.3, -0.25) is 4.79 Å². The van der Waals surface area contributed by atoms with E-state index in [0.29, 0.717) is 11.2 Å². The Morgan fingerprint density at radius 2 is 2.07 bits per heavy atom. The van der Waals surface area contributed by atoms with Crippen LogP contribution in [0.3, 0.4) is 0 Å². The lowest BCUT2D eigenvalue weighted by atomic mass is 10.2. The fourth-order valence-corrected chi connectivity index (χ4v) is 1.82. The second-order valence-electron chi connectivity index (χ2n) is 3.24. The minimum atomic E-state index is -0.0896. The largest absolute Gasteiger partial charge is 0.310 e. The van der Waals surface area contributed by atoms with E-state index in [0.717, 1.165) is 15.6 Å². The molecular formula is C10H9BrN2O. The van der Waals surface area contributed by atoms with Gasteiger partial charge in [0, 0.05) is 4.47 Å². The van der Waals surface area contributed by atoms with E-state index in [4.69, 9.17) is 0 Å². The summed E-state index contributed by atoms with van der Waals surface area (Å²) in [6.07, 6.45) is 0. The number of aromatic nitrogens is 2. The van der Waals surface area contributed by atoms with Gasteiger partial charge in [0.05, 0.1) is 10.9 Å². The van der Waals surface area contributed by atoms with Crippen LogP contribution in [0, 0.1) is 13.8 Å². The highest BCUT2D eigenvalue weighted by Gasteiger charge is 2.06. The SMILES string of the molecule is Cc1nc2c(Br)c(C)ccc2c(=O)[nH]1. The van der Waals surface area contributed by atoms with E-state index in [1.165, 1.54) is 0 Å². The monoisotopic (exact) mass is 252 g/mol. The molecule has 0 radical (unpaired) electrons. The lowest BCUT2D eigenvalue weighted by Crippen LogP contribution is -2.10. The molecule has 0 saturated carbocycles. The van der Waals surface area contributed by atoms with Crippen molar-refractivity contribution in [2.45, 2.75) is 13.8 Å². The number of fused-ring (bicyclic) bond motifs is 1. The molecule has 2 rings (SSSR count). The van der Waals surface area contributed by atoms with E-state index in [1.54, 1.807) is 13.0 Å². The molecule has 1 N–H and O–H groups in total. The van der Waals surface area contributed by atoms with E-state index in [-0.39, 0.29) is 5.56 Å². The molecule has 0 spiro atoms. The highest BCUT2D eigenvalue weighted by Crippen LogP contribution is 2.23. The van der Waals surface area contributed by atoms with E-state index in [2.05, 4.69) is 25.9 Å². The van der Waals surface area contributed by atoms with Gasteiger partial charge in [0.15, 0.2) is 0 Å². The maximum atomic E-state index is 11.5. The average Bonchev–Trinajstić information content (AvgIpc) is 2.12. The molecule has 1 heterocycles. The normalized spacial score (nSPS) is 10.8. The van der Waals surface area contributed by atoms with Crippen LogP contribution in [0.15, 0.2) is 21.4 Å². The average molecular weight is 253 g/mol. The Morgan fingerprint density at radius 3 is 2.79 bits per heavy atom. The second kappa shape index (κ2) is 3.20. The lowest BCUT2D eigenvalue weighted by molar-refractivity contribution is 1.06. The number of aromatic amines is 1. The van der Waals surface area contributed by atoms with Crippen molar-refractivity contribution in [2.24, 2.45) is 0 Å². The van der Waals surface area contributed by atoms with Crippen molar-refractivity contribution < 1.29 is 0 Å². The van der Waals surface area contributed by atoms with Crippen molar-refractivity contribution in [3.05, 3.63) is 38.3 Å². The van der Waals surface area contributed by atoms with Crippen LogP contribution >= 0.6 is 15.9 Å². The zero-order chi connectivity index (χ0) is 10.3. The third kappa shape index (κ3) is 1.35. The summed E-state index contributed by atoms with van der Waals surface area (Å²) >= 11 is 3.43. The van der Waals surface area contributed by atoms with Gasteiger partial charge in [-0.25, -0.2) is 4.98 Å². The van der Waals surface area contributed by atoms with Gasteiger partial charge < -0.3 is 4.98 Å². The molecule has 0 saturated heterocycles. The van der Waals surface area contributed by atoms with Crippen molar-refractivity contribution >= 4 is 26.8 Å². The third-order valence-corrected chi connectivity index (χ3v) is 3.13. The van der Waals surface area contributed by atoms with E-state index in [9.17, 15) is 4.79 Å². The first kappa shape index (κ1) is 9.40. The molecule has 0 aliphatic carbocycles. The maximum absolute atomic E-state index is 11.5. The Balaban J connectivity index is 3.03. The number of H-pyrrole nitrogens is 1. The maximum Gasteiger partial charge on any atom is 0.258 e. The summed E-state index contributed by atoms with van der Waals surface area (Å²) in [5.74, 6) is 0.633. The molecule has 72 valence electrons. The molecule has 3 nitrogen and oxygen atoms in total. The van der Waals surface area contributed by atoms with Gasteiger partial charge in [-0.05, 0) is 41.4 Å². The second-order valence-corrected chi connectivity index (χ2v) is 4.04. The highest BCUT2D eigenvalue weighted by molar-refractivity contribution is 9.10. The van der Waals surface area contributed by atoms with Gasteiger partial charge >= 0.3 is 0 Å². The summed E-state index contributed by atoms with van der Waals surface area (Å²) in [6, 6.07) is 3.69. The third-order valence-electron chi connectivity index (χ3n) is 2.13. The van der Waals surface area contributed by atoms with Crippen LogP contribution in [-0.2, 0) is 0 Å². The number of benzene rings is 1. The lowest BCUT2D eigenvalue weighted by Gasteiger charge is -2.03. The minimum absolute atomic E-state index is 0.0896. The Hall–Kier alpha value is -1.16. The van der Waals surface area contributed by atoms with E-state index < -0.39 is 0 Å². The van der Waals surface area contributed by atoms with E-state index in [1.807, 2.05) is 13.0 Å². The molecule has 2 aromatic rings. The standard InChI is InChI=1S/C10H9BrN2O/c1-5-3-4-7-9(8(5)11)12-6(2)13-10(7)14/h3-4H,1-2H3,(H,12,13,14). The van der Waals surface area contributed by atoms with Gasteiger partial charge in [0.2, 0.25) is 0 Å². The molecule has 0 amide bonds. The number of hydrogen-bond acceptors (Lipinski definition) is 2. The Bertz CT molecular complexity index is 560. The molecule has 0 unspecified atom stereocenters. The molecule has 14 heavy (non-hydrogen) atoms. The summed E-state index contributed by atoms with van der Waals surface area (Å²) in [6.45, 7) is 3.75. The first-order valence-corrected chi connectivity index (χ1v) is 5.04. The van der Waals surface area contributed by atoms with Crippen LogP contribution in [0.25, 0.3) is 10.9 Å². The number of hydrogen-bond donors (Lipinski definition) is 1. The molecule has 0 bridgehead atoms. The summed E-state index contributed by atoms with van der Waals surface area (Å²) in [4.78, 5) is 18.5. The van der Waals surface area contributed by atoms with Crippen LogP contribution in [0.5, 0.6) is 0 Å². The van der Waals surface area contributed by atoms with Gasteiger partial charge in [0.25, 0.3) is 5.56 Å². The van der Waals surface area contributed by atoms with Crippen LogP contribution in [0.4, 0.5) is 0 Å². The smallest absolute Gasteiger partial charge is 0.258 e. The van der Waals surface area contributed by atoms with Crippen LogP contribution in [0.2, 0.25) is 0 Å². The highest BCUT2D eigenvalue weighted by atomic mass is 79.9. The number of aryl methyl sites for hydroxylation is 2. The summed E-state index contributed by atoms with van der Waals surface area (Å²) in [5.41, 5.74) is 1.72. The number of nitrogens with one attached hydrogen (secondary N) is 1. The first-order valence-electron chi connectivity index (χ1n) is 4.25. The van der Waals surface area contributed by atoms with Gasteiger partial charge in [-0.1, -0.05) is 6.07 Å². The van der Waals surface area contributed by atoms with Gasteiger partial charge in [-0.2, -0.15) is 0 Å². The van der Waals surface area contributed by atoms with Crippen molar-refractivity contribution in [1.29, 1.82) is 0 Å². The fraction of sp³-hybridized carbons (Fsp3) is 0.200. The molecule has 0 fully saturated rings.